The Morgan fingerprint density at radius 3 is 2.80 bits per heavy atom. The molecule has 2 rings (SSSR count). The van der Waals surface area contributed by atoms with Gasteiger partial charge in [-0.1, -0.05) is 6.07 Å². The minimum atomic E-state index is -3.29. The van der Waals surface area contributed by atoms with Crippen molar-refractivity contribution >= 4 is 40.1 Å². The zero-order chi connectivity index (χ0) is 14.9. The Balaban J connectivity index is 2.37. The van der Waals surface area contributed by atoms with E-state index in [9.17, 15) is 13.2 Å². The molecule has 0 N–H and O–H groups in total. The fourth-order valence-electron chi connectivity index (χ4n) is 2.16. The Morgan fingerprint density at radius 2 is 2.15 bits per heavy atom. The molecule has 0 aliphatic carbocycles. The summed E-state index contributed by atoms with van der Waals surface area (Å²) in [6.07, 6.45) is 1.19. The highest BCUT2D eigenvalue weighted by molar-refractivity contribution is 8.00. The van der Waals surface area contributed by atoms with Crippen LogP contribution in [-0.4, -0.2) is 48.9 Å². The molecule has 110 valence electrons. The number of carbonyl (C=O) groups excluding carboxylic acids is 1. The number of hydrogen-bond donors (Lipinski definition) is 1. The van der Waals surface area contributed by atoms with E-state index >= 15 is 0 Å². The third kappa shape index (κ3) is 3.32. The van der Waals surface area contributed by atoms with Crippen LogP contribution in [0.15, 0.2) is 23.1 Å². The van der Waals surface area contributed by atoms with Crippen molar-refractivity contribution in [3.05, 3.63) is 29.3 Å². The predicted octanol–water partition coefficient (Wildman–Crippen LogP) is 1.84. The molecule has 1 aliphatic rings. The van der Waals surface area contributed by atoms with Gasteiger partial charge in [0.15, 0.2) is 9.84 Å². The molecule has 0 radical (unpaired) electrons. The standard InChI is InChI=1S/C13H17NO3S3/c1-9-3-4-10(18)7-11(9)13(15)14-5-6-19-8-12(14)20(2,16)17/h3-4,7,12,18H,5-6,8H2,1-2H3. The molecule has 0 spiro atoms. The molecule has 7 heteroatoms. The van der Waals surface area contributed by atoms with E-state index in [-0.39, 0.29) is 5.91 Å². The SMILES string of the molecule is Cc1ccc(S)cc1C(=O)N1CCSCC1S(C)(=O)=O. The fourth-order valence-corrected chi connectivity index (χ4v) is 5.18. The van der Waals surface area contributed by atoms with E-state index in [1.54, 1.807) is 17.8 Å². The topological polar surface area (TPSA) is 54.5 Å². The van der Waals surface area contributed by atoms with Crippen molar-refractivity contribution < 1.29 is 13.2 Å². The number of thiol groups is 1. The minimum Gasteiger partial charge on any atom is -0.320 e. The molecule has 1 saturated heterocycles. The molecule has 0 aromatic heterocycles. The molecule has 1 aliphatic heterocycles. The van der Waals surface area contributed by atoms with E-state index in [0.29, 0.717) is 22.8 Å². The van der Waals surface area contributed by atoms with E-state index in [1.807, 2.05) is 19.1 Å². The molecule has 1 aromatic carbocycles. The van der Waals surface area contributed by atoms with Gasteiger partial charge in [-0.3, -0.25) is 4.79 Å². The second-order valence-electron chi connectivity index (χ2n) is 4.86. The molecule has 1 unspecified atom stereocenters. The second kappa shape index (κ2) is 5.99. The minimum absolute atomic E-state index is 0.228. The molecule has 4 nitrogen and oxygen atoms in total. The molecule has 1 atom stereocenters. The molecular formula is C13H17NO3S3. The largest absolute Gasteiger partial charge is 0.320 e. The van der Waals surface area contributed by atoms with Gasteiger partial charge in [0.05, 0.1) is 0 Å². The summed E-state index contributed by atoms with van der Waals surface area (Å²) in [7, 11) is -3.29. The van der Waals surface area contributed by atoms with Gasteiger partial charge in [-0.25, -0.2) is 8.42 Å². The maximum atomic E-state index is 12.6. The highest BCUT2D eigenvalue weighted by Gasteiger charge is 2.35. The molecule has 0 bridgehead atoms. The van der Waals surface area contributed by atoms with Crippen LogP contribution >= 0.6 is 24.4 Å². The number of thioether (sulfide) groups is 1. The van der Waals surface area contributed by atoms with Gasteiger partial charge in [-0.05, 0) is 24.6 Å². The lowest BCUT2D eigenvalue weighted by Gasteiger charge is -2.34. The molecule has 20 heavy (non-hydrogen) atoms. The van der Waals surface area contributed by atoms with Crippen LogP contribution in [0.2, 0.25) is 0 Å². The second-order valence-corrected chi connectivity index (χ2v) is 8.73. The first-order chi connectivity index (χ1) is 9.30. The number of nitrogens with zero attached hydrogens (tertiary/aromatic N) is 1. The van der Waals surface area contributed by atoms with Gasteiger partial charge in [0.1, 0.15) is 5.37 Å². The first-order valence-electron chi connectivity index (χ1n) is 6.18. The van der Waals surface area contributed by atoms with Crippen molar-refractivity contribution in [2.24, 2.45) is 0 Å². The molecule has 0 saturated carbocycles. The summed E-state index contributed by atoms with van der Waals surface area (Å²) >= 11 is 5.81. The average Bonchev–Trinajstić information content (AvgIpc) is 2.40. The van der Waals surface area contributed by atoms with Crippen molar-refractivity contribution in [2.75, 3.05) is 24.3 Å². The first kappa shape index (κ1) is 15.7. The number of sulfone groups is 1. The Kier molecular flexibility index (Phi) is 4.71. The summed E-state index contributed by atoms with van der Waals surface area (Å²) in [6, 6.07) is 5.33. The Hall–Kier alpha value is -0.660. The van der Waals surface area contributed by atoms with Crippen LogP contribution in [0.3, 0.4) is 0 Å². The molecule has 1 aromatic rings. The number of hydrogen-bond acceptors (Lipinski definition) is 5. The van der Waals surface area contributed by atoms with Gasteiger partial charge in [0.2, 0.25) is 0 Å². The van der Waals surface area contributed by atoms with Crippen molar-refractivity contribution in [1.82, 2.24) is 4.90 Å². The summed E-state index contributed by atoms with van der Waals surface area (Å²) in [5, 5.41) is -0.739. The van der Waals surface area contributed by atoms with Gasteiger partial charge in [0, 0.05) is 34.8 Å². The average molecular weight is 331 g/mol. The quantitative estimate of drug-likeness (QED) is 0.840. The van der Waals surface area contributed by atoms with Gasteiger partial charge in [-0.2, -0.15) is 11.8 Å². The van der Waals surface area contributed by atoms with Gasteiger partial charge >= 0.3 is 0 Å². The number of aryl methyl sites for hydroxylation is 1. The van der Waals surface area contributed by atoms with Crippen LogP contribution in [0.5, 0.6) is 0 Å². The predicted molar refractivity (Wildman–Crippen MR) is 85.4 cm³/mol. The Morgan fingerprint density at radius 1 is 1.45 bits per heavy atom. The summed E-state index contributed by atoms with van der Waals surface area (Å²) in [4.78, 5) is 14.8. The molecular weight excluding hydrogens is 314 g/mol. The molecule has 1 heterocycles. The van der Waals surface area contributed by atoms with Crippen LogP contribution in [0.1, 0.15) is 15.9 Å². The van der Waals surface area contributed by atoms with Gasteiger partial charge < -0.3 is 4.90 Å². The number of carbonyl (C=O) groups is 1. The van der Waals surface area contributed by atoms with E-state index in [1.165, 1.54) is 11.2 Å². The van der Waals surface area contributed by atoms with Gasteiger partial charge in [-0.15, -0.1) is 12.6 Å². The highest BCUT2D eigenvalue weighted by atomic mass is 32.2. The van der Waals surface area contributed by atoms with Crippen molar-refractivity contribution in [1.29, 1.82) is 0 Å². The molecule has 1 fully saturated rings. The maximum absolute atomic E-state index is 12.6. The Labute approximate surface area is 129 Å². The third-order valence-electron chi connectivity index (χ3n) is 3.29. The lowest BCUT2D eigenvalue weighted by Crippen LogP contribution is -2.50. The lowest BCUT2D eigenvalue weighted by molar-refractivity contribution is 0.0748. The van der Waals surface area contributed by atoms with Crippen LogP contribution in [0.25, 0.3) is 0 Å². The van der Waals surface area contributed by atoms with Crippen LogP contribution < -0.4 is 0 Å². The first-order valence-corrected chi connectivity index (χ1v) is 9.73. The van der Waals surface area contributed by atoms with Crippen molar-refractivity contribution in [2.45, 2.75) is 17.2 Å². The third-order valence-corrected chi connectivity index (χ3v) is 6.21. The van der Waals surface area contributed by atoms with Gasteiger partial charge in [0.25, 0.3) is 5.91 Å². The lowest BCUT2D eigenvalue weighted by atomic mass is 10.1. The maximum Gasteiger partial charge on any atom is 0.255 e. The van der Waals surface area contributed by atoms with Crippen molar-refractivity contribution in [3.8, 4) is 0 Å². The van der Waals surface area contributed by atoms with Crippen LogP contribution in [0, 0.1) is 6.92 Å². The normalized spacial score (nSPS) is 19.9. The fraction of sp³-hybridized carbons (Fsp3) is 0.462. The van der Waals surface area contributed by atoms with E-state index in [2.05, 4.69) is 12.6 Å². The summed E-state index contributed by atoms with van der Waals surface area (Å²) in [6.45, 7) is 2.30. The van der Waals surface area contributed by atoms with E-state index < -0.39 is 15.2 Å². The zero-order valence-corrected chi connectivity index (χ0v) is 13.9. The number of amides is 1. The summed E-state index contributed by atoms with van der Waals surface area (Å²) in [5.74, 6) is 0.968. The van der Waals surface area contributed by atoms with Crippen LogP contribution in [0.4, 0.5) is 0 Å². The monoisotopic (exact) mass is 331 g/mol. The number of rotatable bonds is 2. The van der Waals surface area contributed by atoms with E-state index in [0.717, 1.165) is 11.3 Å². The zero-order valence-electron chi connectivity index (χ0n) is 11.4. The Bertz CT molecular complexity index is 628. The highest BCUT2D eigenvalue weighted by Crippen LogP contribution is 2.24. The smallest absolute Gasteiger partial charge is 0.255 e. The summed E-state index contributed by atoms with van der Waals surface area (Å²) < 4.78 is 23.7. The van der Waals surface area contributed by atoms with Crippen molar-refractivity contribution in [3.63, 3.8) is 0 Å². The summed E-state index contributed by atoms with van der Waals surface area (Å²) in [5.41, 5.74) is 1.36. The van der Waals surface area contributed by atoms with Crippen LogP contribution in [-0.2, 0) is 9.84 Å². The number of benzene rings is 1. The molecule has 1 amide bonds. The van der Waals surface area contributed by atoms with E-state index in [4.69, 9.17) is 0 Å².